The molecular formula is C26H25Cl2N3O3S. The van der Waals surface area contributed by atoms with Crippen molar-refractivity contribution < 1.29 is 14.7 Å². The minimum absolute atomic E-state index is 0.0267. The summed E-state index contributed by atoms with van der Waals surface area (Å²) in [5, 5.41) is 11.7. The Bertz CT molecular complexity index is 1230. The maximum atomic E-state index is 13.7. The molecule has 1 fully saturated rings. The van der Waals surface area contributed by atoms with E-state index >= 15 is 0 Å². The van der Waals surface area contributed by atoms with Gasteiger partial charge in [-0.05, 0) is 65.9 Å². The molecular weight excluding hydrogens is 505 g/mol. The number of carbonyl (C=O) groups is 2. The first kappa shape index (κ1) is 24.2. The maximum absolute atomic E-state index is 13.7. The van der Waals surface area contributed by atoms with Crippen molar-refractivity contribution in [1.29, 1.82) is 0 Å². The molecule has 0 aromatic heterocycles. The van der Waals surface area contributed by atoms with Crippen molar-refractivity contribution in [2.45, 2.75) is 44.8 Å². The second-order valence-electron chi connectivity index (χ2n) is 9.24. The third-order valence-electron chi connectivity index (χ3n) is 6.68. The molecule has 6 nitrogen and oxygen atoms in total. The van der Waals surface area contributed by atoms with E-state index in [1.807, 2.05) is 48.5 Å². The van der Waals surface area contributed by atoms with E-state index in [2.05, 4.69) is 18.7 Å². The summed E-state index contributed by atoms with van der Waals surface area (Å²) in [5.41, 5.74) is 2.94. The molecule has 2 aromatic carbocycles. The number of amidine groups is 1. The molecule has 35 heavy (non-hydrogen) atoms. The number of aliphatic imine (C=N–C) groups is 1. The number of benzene rings is 2. The van der Waals surface area contributed by atoms with Crippen LogP contribution in [0.3, 0.4) is 0 Å². The van der Waals surface area contributed by atoms with E-state index in [1.54, 1.807) is 0 Å². The number of thioether (sulfide) groups is 1. The van der Waals surface area contributed by atoms with E-state index in [4.69, 9.17) is 28.2 Å². The normalized spacial score (nSPS) is 23.8. The molecule has 3 atom stereocenters. The SMILES string of the molecule is CC(C)C1=C(C(=O)N2CCCC2C(=O)O)SC2=N[C@@H](c3ccc(Cl)cc3)[C@@H](c3ccc(Cl)cc3)N21. The highest BCUT2D eigenvalue weighted by molar-refractivity contribution is 8.18. The highest BCUT2D eigenvalue weighted by Gasteiger charge is 2.48. The van der Waals surface area contributed by atoms with E-state index < -0.39 is 12.0 Å². The van der Waals surface area contributed by atoms with Crippen LogP contribution in [-0.2, 0) is 9.59 Å². The lowest BCUT2D eigenvalue weighted by Crippen LogP contribution is -2.41. The fourth-order valence-corrected chi connectivity index (χ4v) is 6.65. The van der Waals surface area contributed by atoms with Crippen molar-refractivity contribution in [1.82, 2.24) is 9.80 Å². The molecule has 0 spiro atoms. The molecule has 3 heterocycles. The molecule has 3 aliphatic heterocycles. The average Bonchev–Trinajstić information content (AvgIpc) is 3.53. The fourth-order valence-electron chi connectivity index (χ4n) is 5.09. The number of carbonyl (C=O) groups excluding carboxylic acids is 1. The lowest BCUT2D eigenvalue weighted by molar-refractivity contribution is -0.146. The molecule has 0 aliphatic carbocycles. The highest BCUT2D eigenvalue weighted by atomic mass is 35.5. The minimum atomic E-state index is -0.953. The Balaban J connectivity index is 1.59. The second kappa shape index (κ2) is 9.52. The van der Waals surface area contributed by atoms with Crippen LogP contribution in [0.1, 0.15) is 49.9 Å². The van der Waals surface area contributed by atoms with E-state index in [0.717, 1.165) is 22.0 Å². The topological polar surface area (TPSA) is 73.2 Å². The van der Waals surface area contributed by atoms with Gasteiger partial charge >= 0.3 is 5.97 Å². The van der Waals surface area contributed by atoms with Crippen LogP contribution in [0.5, 0.6) is 0 Å². The smallest absolute Gasteiger partial charge is 0.326 e. The molecule has 9 heteroatoms. The first-order valence-electron chi connectivity index (χ1n) is 11.6. The van der Waals surface area contributed by atoms with Gasteiger partial charge in [0.15, 0.2) is 5.17 Å². The highest BCUT2D eigenvalue weighted by Crippen LogP contribution is 2.53. The summed E-state index contributed by atoms with van der Waals surface area (Å²) in [7, 11) is 0. The maximum Gasteiger partial charge on any atom is 0.326 e. The standard InChI is InChI=1S/C26H25Cl2N3O3S/c1-14(2)21-23(24(32)30-13-3-4-19(30)25(33)34)35-26-29-20(15-5-9-17(27)10-6-15)22(31(21)26)16-7-11-18(28)12-8-16/h5-12,14,19-20,22H,3-4,13H2,1-2H3,(H,33,34)/t19?,20-,22+/m0/s1. The van der Waals surface area contributed by atoms with Crippen LogP contribution in [0.4, 0.5) is 0 Å². The van der Waals surface area contributed by atoms with Crippen molar-refractivity contribution in [3.05, 3.63) is 80.3 Å². The summed E-state index contributed by atoms with van der Waals surface area (Å²) in [6, 6.07) is 14.3. The molecule has 0 radical (unpaired) electrons. The molecule has 1 unspecified atom stereocenters. The van der Waals surface area contributed by atoms with Crippen molar-refractivity contribution in [2.75, 3.05) is 6.54 Å². The second-order valence-corrected chi connectivity index (χ2v) is 11.1. The Morgan fingerprint density at radius 1 is 1.03 bits per heavy atom. The summed E-state index contributed by atoms with van der Waals surface area (Å²) >= 11 is 13.7. The molecule has 182 valence electrons. The molecule has 2 aromatic rings. The number of aliphatic carboxylic acids is 1. The van der Waals surface area contributed by atoms with E-state index in [9.17, 15) is 14.7 Å². The van der Waals surface area contributed by atoms with Gasteiger partial charge in [0.05, 0.1) is 6.04 Å². The van der Waals surface area contributed by atoms with Crippen LogP contribution >= 0.6 is 35.0 Å². The number of hydrogen-bond acceptors (Lipinski definition) is 5. The van der Waals surface area contributed by atoms with Crippen molar-refractivity contribution in [3.8, 4) is 0 Å². The summed E-state index contributed by atoms with van der Waals surface area (Å²) in [5.74, 6) is -1.15. The van der Waals surface area contributed by atoms with Gasteiger partial charge in [-0.25, -0.2) is 4.79 Å². The Morgan fingerprint density at radius 3 is 2.20 bits per heavy atom. The van der Waals surface area contributed by atoms with Crippen molar-refractivity contribution >= 4 is 52.0 Å². The molecule has 0 saturated carbocycles. The fraction of sp³-hybridized carbons (Fsp3) is 0.346. The van der Waals surface area contributed by atoms with Gasteiger partial charge < -0.3 is 14.9 Å². The summed E-state index contributed by atoms with van der Waals surface area (Å²) < 4.78 is 0. The Morgan fingerprint density at radius 2 is 1.63 bits per heavy atom. The molecule has 1 N–H and O–H groups in total. The first-order chi connectivity index (χ1) is 16.8. The molecule has 5 rings (SSSR count). The number of nitrogens with zero attached hydrogens (tertiary/aromatic N) is 3. The number of fused-ring (bicyclic) bond motifs is 1. The number of hydrogen-bond donors (Lipinski definition) is 1. The largest absolute Gasteiger partial charge is 0.480 e. The Hall–Kier alpha value is -2.48. The predicted octanol–water partition coefficient (Wildman–Crippen LogP) is 6.14. The van der Waals surface area contributed by atoms with Gasteiger partial charge in [0.1, 0.15) is 17.0 Å². The number of likely N-dealkylation sites (tertiary alicyclic amines) is 1. The van der Waals surface area contributed by atoms with Crippen LogP contribution in [0.15, 0.2) is 64.1 Å². The molecule has 1 saturated heterocycles. The van der Waals surface area contributed by atoms with Gasteiger partial charge in [0.2, 0.25) is 0 Å². The van der Waals surface area contributed by atoms with Crippen LogP contribution < -0.4 is 0 Å². The quantitative estimate of drug-likeness (QED) is 0.503. The Labute approximate surface area is 218 Å². The minimum Gasteiger partial charge on any atom is -0.480 e. The summed E-state index contributed by atoms with van der Waals surface area (Å²) in [4.78, 5) is 34.7. The molecule has 1 amide bonds. The van der Waals surface area contributed by atoms with Crippen LogP contribution in [0, 0.1) is 5.92 Å². The lowest BCUT2D eigenvalue weighted by Gasteiger charge is -2.32. The van der Waals surface area contributed by atoms with Gasteiger partial charge in [-0.2, -0.15) is 0 Å². The zero-order valence-corrected chi connectivity index (χ0v) is 21.6. The monoisotopic (exact) mass is 529 g/mol. The summed E-state index contributed by atoms with van der Waals surface area (Å²) in [6.07, 6.45) is 1.17. The van der Waals surface area contributed by atoms with Crippen molar-refractivity contribution in [2.24, 2.45) is 10.9 Å². The van der Waals surface area contributed by atoms with Crippen LogP contribution in [0.25, 0.3) is 0 Å². The van der Waals surface area contributed by atoms with E-state index in [0.29, 0.717) is 34.3 Å². The third-order valence-corrected chi connectivity index (χ3v) is 8.26. The summed E-state index contributed by atoms with van der Waals surface area (Å²) in [6.45, 7) is 4.56. The van der Waals surface area contributed by atoms with Crippen LogP contribution in [-0.4, -0.2) is 44.5 Å². The molecule has 3 aliphatic rings. The predicted molar refractivity (Wildman–Crippen MR) is 139 cm³/mol. The number of carboxylic acid groups (broad SMARTS) is 1. The van der Waals surface area contributed by atoms with E-state index in [1.165, 1.54) is 16.7 Å². The van der Waals surface area contributed by atoms with Gasteiger partial charge in [0, 0.05) is 22.3 Å². The van der Waals surface area contributed by atoms with Crippen molar-refractivity contribution in [3.63, 3.8) is 0 Å². The number of allylic oxidation sites excluding steroid dienone is 1. The Kier molecular flexibility index (Phi) is 6.59. The van der Waals surface area contributed by atoms with Crippen LogP contribution in [0.2, 0.25) is 10.0 Å². The van der Waals surface area contributed by atoms with E-state index in [-0.39, 0.29) is 23.9 Å². The molecule has 0 bridgehead atoms. The van der Waals surface area contributed by atoms with Gasteiger partial charge in [-0.15, -0.1) is 0 Å². The third kappa shape index (κ3) is 4.34. The van der Waals surface area contributed by atoms with Gasteiger partial charge in [-0.1, -0.05) is 61.3 Å². The zero-order chi connectivity index (χ0) is 24.9. The average molecular weight is 530 g/mol. The number of halogens is 2. The van der Waals surface area contributed by atoms with Gasteiger partial charge in [-0.3, -0.25) is 9.79 Å². The van der Waals surface area contributed by atoms with Gasteiger partial charge in [0.25, 0.3) is 5.91 Å². The number of carboxylic acids is 1. The number of amides is 1. The zero-order valence-electron chi connectivity index (χ0n) is 19.3. The lowest BCUT2D eigenvalue weighted by atomic mass is 9.92. The number of rotatable bonds is 5. The first-order valence-corrected chi connectivity index (χ1v) is 13.2.